The molecular formula is C7H8ClF3O2. The summed E-state index contributed by atoms with van der Waals surface area (Å²) in [6.07, 6.45) is -6.15. The number of hydrogen-bond donors (Lipinski definition) is 0. The summed E-state index contributed by atoms with van der Waals surface area (Å²) < 4.78 is 35.0. The number of rotatable bonds is 3. The van der Waals surface area contributed by atoms with Crippen molar-refractivity contribution in [2.75, 3.05) is 0 Å². The molecule has 0 heterocycles. The quantitative estimate of drug-likeness (QED) is 0.535. The van der Waals surface area contributed by atoms with Crippen molar-refractivity contribution in [3.8, 4) is 0 Å². The Bertz CT molecular complexity index is 203. The summed E-state index contributed by atoms with van der Waals surface area (Å²) in [5, 5.41) is 0. The third-order valence-corrected chi connectivity index (χ3v) is 1.51. The Morgan fingerprint density at radius 1 is 1.15 bits per heavy atom. The zero-order valence-electron chi connectivity index (χ0n) is 7.04. The first-order valence-electron chi connectivity index (χ1n) is 3.37. The second-order valence-electron chi connectivity index (χ2n) is 2.99. The van der Waals surface area contributed by atoms with Crippen molar-refractivity contribution < 1.29 is 22.8 Å². The number of halogens is 4. The van der Waals surface area contributed by atoms with Crippen LogP contribution < -0.4 is 0 Å². The fourth-order valence-corrected chi connectivity index (χ4v) is 0.523. The van der Waals surface area contributed by atoms with E-state index >= 15 is 0 Å². The van der Waals surface area contributed by atoms with Crippen LogP contribution in [0.2, 0.25) is 0 Å². The van der Waals surface area contributed by atoms with Crippen LogP contribution in [0.25, 0.3) is 0 Å². The first kappa shape index (κ1) is 12.4. The summed E-state index contributed by atoms with van der Waals surface area (Å²) in [7, 11) is 0. The van der Waals surface area contributed by atoms with Crippen molar-refractivity contribution in [2.24, 2.45) is 0 Å². The highest BCUT2D eigenvalue weighted by atomic mass is 35.5. The molecule has 0 radical (unpaired) electrons. The van der Waals surface area contributed by atoms with Crippen LogP contribution in [0.3, 0.4) is 0 Å². The summed E-state index contributed by atoms with van der Waals surface area (Å²) in [6, 6.07) is 0. The van der Waals surface area contributed by atoms with Gasteiger partial charge in [0.1, 0.15) is 0 Å². The van der Waals surface area contributed by atoms with E-state index in [1.165, 1.54) is 13.8 Å². The highest BCUT2D eigenvalue weighted by Crippen LogP contribution is 2.22. The molecule has 0 aliphatic carbocycles. The van der Waals surface area contributed by atoms with Crippen molar-refractivity contribution in [1.29, 1.82) is 0 Å². The molecule has 0 spiro atoms. The molecule has 0 bridgehead atoms. The van der Waals surface area contributed by atoms with Crippen molar-refractivity contribution in [1.82, 2.24) is 0 Å². The van der Waals surface area contributed by atoms with Gasteiger partial charge in [-0.3, -0.25) is 9.59 Å². The first-order valence-corrected chi connectivity index (χ1v) is 3.75. The maximum Gasteiger partial charge on any atom is 0.450 e. The summed E-state index contributed by atoms with van der Waals surface area (Å²) in [5.74, 6) is -3.00. The maximum atomic E-state index is 11.7. The van der Waals surface area contributed by atoms with Gasteiger partial charge in [-0.05, 0) is 13.8 Å². The molecule has 0 fully saturated rings. The van der Waals surface area contributed by atoms with Gasteiger partial charge in [0, 0.05) is 0 Å². The topological polar surface area (TPSA) is 34.1 Å². The number of Topliss-reactive ketones (excluding diaryl/α,β-unsaturated/α-hetero) is 2. The van der Waals surface area contributed by atoms with Crippen LogP contribution in [-0.4, -0.2) is 22.6 Å². The van der Waals surface area contributed by atoms with Gasteiger partial charge in [0.25, 0.3) is 0 Å². The molecule has 6 heteroatoms. The van der Waals surface area contributed by atoms with Crippen molar-refractivity contribution in [2.45, 2.75) is 31.3 Å². The van der Waals surface area contributed by atoms with Crippen molar-refractivity contribution in [3.05, 3.63) is 0 Å². The van der Waals surface area contributed by atoms with E-state index in [2.05, 4.69) is 0 Å². The highest BCUT2D eigenvalue weighted by Gasteiger charge is 2.41. The molecule has 0 aromatic rings. The summed E-state index contributed by atoms with van der Waals surface area (Å²) in [5.41, 5.74) is 0. The molecule has 13 heavy (non-hydrogen) atoms. The number of alkyl halides is 4. The number of carbonyl (C=O) groups is 2. The molecule has 0 amide bonds. The third-order valence-electron chi connectivity index (χ3n) is 1.30. The molecule has 76 valence electrons. The molecular weight excluding hydrogens is 209 g/mol. The van der Waals surface area contributed by atoms with Gasteiger partial charge in [-0.15, -0.1) is 11.6 Å². The van der Waals surface area contributed by atoms with Gasteiger partial charge in [-0.25, -0.2) is 0 Å². The summed E-state index contributed by atoms with van der Waals surface area (Å²) in [6.45, 7) is 2.47. The van der Waals surface area contributed by atoms with E-state index in [0.29, 0.717) is 0 Å². The lowest BCUT2D eigenvalue weighted by atomic mass is 10.0. The second kappa shape index (κ2) is 3.65. The third kappa shape index (κ3) is 4.26. The fraction of sp³-hybridized carbons (Fsp3) is 0.714. The molecule has 0 aromatic heterocycles. The van der Waals surface area contributed by atoms with Crippen LogP contribution in [0.1, 0.15) is 20.3 Å². The van der Waals surface area contributed by atoms with Gasteiger partial charge in [-0.2, -0.15) is 13.2 Å². The smallest absolute Gasteiger partial charge is 0.297 e. The average Bonchev–Trinajstić information content (AvgIpc) is 1.82. The Hall–Kier alpha value is -0.580. The molecule has 0 saturated carbocycles. The Labute approximate surface area is 78.1 Å². The Kier molecular flexibility index (Phi) is 3.49. The van der Waals surface area contributed by atoms with E-state index in [1.54, 1.807) is 0 Å². The maximum absolute atomic E-state index is 11.7. The Morgan fingerprint density at radius 2 is 1.54 bits per heavy atom. The summed E-state index contributed by atoms with van der Waals surface area (Å²) in [4.78, 5) is 19.8. The number of ketones is 2. The molecule has 0 aliphatic heterocycles. The molecule has 0 N–H and O–H groups in total. The predicted octanol–water partition coefficient (Wildman–Crippen LogP) is 2.09. The average molecular weight is 217 g/mol. The van der Waals surface area contributed by atoms with Crippen LogP contribution in [0, 0.1) is 0 Å². The fourth-order valence-electron chi connectivity index (χ4n) is 0.456. The van der Waals surface area contributed by atoms with Crippen molar-refractivity contribution in [3.63, 3.8) is 0 Å². The molecule has 0 aliphatic rings. The van der Waals surface area contributed by atoms with Gasteiger partial charge in [0.15, 0.2) is 5.78 Å². The van der Waals surface area contributed by atoms with Gasteiger partial charge in [0.05, 0.1) is 11.3 Å². The van der Waals surface area contributed by atoms with E-state index in [4.69, 9.17) is 11.6 Å². The number of carbonyl (C=O) groups excluding carboxylic acids is 2. The predicted molar refractivity (Wildman–Crippen MR) is 40.6 cm³/mol. The minimum atomic E-state index is -4.96. The number of hydrogen-bond acceptors (Lipinski definition) is 2. The lowest BCUT2D eigenvalue weighted by molar-refractivity contribution is -0.172. The van der Waals surface area contributed by atoms with E-state index in [9.17, 15) is 22.8 Å². The second-order valence-corrected chi connectivity index (χ2v) is 3.94. The monoisotopic (exact) mass is 216 g/mol. The minimum Gasteiger partial charge on any atom is -0.297 e. The van der Waals surface area contributed by atoms with Gasteiger partial charge in [-0.1, -0.05) is 0 Å². The van der Waals surface area contributed by atoms with E-state index in [1.807, 2.05) is 0 Å². The van der Waals surface area contributed by atoms with E-state index < -0.39 is 29.0 Å². The zero-order valence-corrected chi connectivity index (χ0v) is 7.79. The highest BCUT2D eigenvalue weighted by molar-refractivity contribution is 6.36. The van der Waals surface area contributed by atoms with Crippen LogP contribution >= 0.6 is 11.6 Å². The van der Waals surface area contributed by atoms with Crippen LogP contribution in [0.5, 0.6) is 0 Å². The van der Waals surface area contributed by atoms with Gasteiger partial charge in [0.2, 0.25) is 5.78 Å². The summed E-state index contributed by atoms with van der Waals surface area (Å²) >= 11 is 5.41. The van der Waals surface area contributed by atoms with E-state index in [0.717, 1.165) is 0 Å². The molecule has 0 saturated heterocycles. The van der Waals surface area contributed by atoms with Crippen LogP contribution in [0.15, 0.2) is 0 Å². The van der Waals surface area contributed by atoms with E-state index in [-0.39, 0.29) is 0 Å². The molecule has 0 unspecified atom stereocenters. The van der Waals surface area contributed by atoms with Crippen LogP contribution in [-0.2, 0) is 9.59 Å². The SMILES string of the molecule is CC(C)(Cl)C(=O)CC(=O)C(F)(F)F. The van der Waals surface area contributed by atoms with Gasteiger partial charge >= 0.3 is 6.18 Å². The Morgan fingerprint density at radius 3 is 1.77 bits per heavy atom. The minimum absolute atomic E-state index is 0.934. The molecule has 2 nitrogen and oxygen atoms in total. The standard InChI is InChI=1S/C7H8ClF3O2/c1-6(2,8)4(12)3-5(13)7(9,10)11/h3H2,1-2H3. The Balaban J connectivity index is 4.34. The van der Waals surface area contributed by atoms with Gasteiger partial charge < -0.3 is 0 Å². The van der Waals surface area contributed by atoms with Crippen molar-refractivity contribution >= 4 is 23.2 Å². The first-order chi connectivity index (χ1) is 5.55. The lowest BCUT2D eigenvalue weighted by Crippen LogP contribution is -2.32. The molecule has 0 rings (SSSR count). The largest absolute Gasteiger partial charge is 0.450 e. The molecule has 0 aromatic carbocycles. The normalized spacial score (nSPS) is 12.8. The van der Waals surface area contributed by atoms with Crippen LogP contribution in [0.4, 0.5) is 13.2 Å². The lowest BCUT2D eigenvalue weighted by Gasteiger charge is -2.13. The zero-order chi connectivity index (χ0) is 10.9. The molecule has 0 atom stereocenters.